The van der Waals surface area contributed by atoms with Crippen LogP contribution in [0.2, 0.25) is 0 Å². The van der Waals surface area contributed by atoms with E-state index in [1.165, 1.54) is 6.42 Å². The molecule has 3 heteroatoms. The van der Waals surface area contributed by atoms with Crippen molar-refractivity contribution in [2.45, 2.75) is 31.4 Å². The number of hydrogen-bond donors (Lipinski definition) is 2. The van der Waals surface area contributed by atoms with E-state index in [9.17, 15) is 5.11 Å². The summed E-state index contributed by atoms with van der Waals surface area (Å²) in [6, 6.07) is 0.391. The molecule has 3 atom stereocenters. The Morgan fingerprint density at radius 2 is 2.30 bits per heavy atom. The maximum Gasteiger partial charge on any atom is 0.0775 e. The minimum Gasteiger partial charge on any atom is -0.389 e. The maximum atomic E-state index is 9.62. The van der Waals surface area contributed by atoms with Gasteiger partial charge in [-0.15, -0.1) is 12.4 Å². The van der Waals surface area contributed by atoms with Crippen molar-refractivity contribution < 1.29 is 5.11 Å². The molecule has 2 aliphatic rings. The molecule has 1 heterocycles. The zero-order valence-electron chi connectivity index (χ0n) is 6.13. The average Bonchev–Trinajstić information content (AvgIpc) is 2.19. The molecule has 1 saturated heterocycles. The van der Waals surface area contributed by atoms with Crippen molar-refractivity contribution in [3.63, 3.8) is 0 Å². The van der Waals surface area contributed by atoms with Crippen LogP contribution in [0.15, 0.2) is 0 Å². The summed E-state index contributed by atoms with van der Waals surface area (Å²) in [5.74, 6) is 0.755. The second-order valence-corrected chi connectivity index (χ2v) is 3.62. The fourth-order valence-electron chi connectivity index (χ4n) is 2.16. The van der Waals surface area contributed by atoms with E-state index in [4.69, 9.17) is 0 Å². The zero-order valence-corrected chi connectivity index (χ0v) is 6.95. The fraction of sp³-hybridized carbons (Fsp3) is 1.00. The number of hydrogen-bond acceptors (Lipinski definition) is 2. The highest BCUT2D eigenvalue weighted by molar-refractivity contribution is 5.85. The van der Waals surface area contributed by atoms with Gasteiger partial charge in [-0.2, -0.15) is 0 Å². The molecule has 2 bridgehead atoms. The highest BCUT2D eigenvalue weighted by atomic mass is 35.5. The van der Waals surface area contributed by atoms with Crippen molar-refractivity contribution in [3.05, 3.63) is 0 Å². The lowest BCUT2D eigenvalue weighted by Gasteiger charge is -2.28. The lowest BCUT2D eigenvalue weighted by Crippen LogP contribution is -2.45. The van der Waals surface area contributed by atoms with Crippen molar-refractivity contribution in [2.24, 2.45) is 5.92 Å². The molecule has 0 aromatic rings. The van der Waals surface area contributed by atoms with Gasteiger partial charge in [-0.25, -0.2) is 0 Å². The standard InChI is InChI=1S/C7H13NO.ClH/c1-7(9)3-5-2-6(7)8-4-5;/h5-6,8-9H,2-4H2,1H3;1H. The first-order valence-electron chi connectivity index (χ1n) is 3.64. The zero-order chi connectivity index (χ0) is 6.48. The summed E-state index contributed by atoms with van der Waals surface area (Å²) in [7, 11) is 0. The van der Waals surface area contributed by atoms with Crippen LogP contribution >= 0.6 is 12.4 Å². The molecule has 0 amide bonds. The third-order valence-corrected chi connectivity index (χ3v) is 2.67. The van der Waals surface area contributed by atoms with E-state index in [1.54, 1.807) is 0 Å². The summed E-state index contributed by atoms with van der Waals surface area (Å²) in [6.07, 6.45) is 2.19. The van der Waals surface area contributed by atoms with E-state index in [0.717, 1.165) is 18.9 Å². The molecule has 3 unspecified atom stereocenters. The minimum atomic E-state index is -0.400. The Morgan fingerprint density at radius 1 is 1.60 bits per heavy atom. The highest BCUT2D eigenvalue weighted by Crippen LogP contribution is 2.38. The first-order valence-corrected chi connectivity index (χ1v) is 3.64. The van der Waals surface area contributed by atoms with Crippen molar-refractivity contribution in [3.8, 4) is 0 Å². The first-order chi connectivity index (χ1) is 4.18. The molecule has 1 aliphatic heterocycles. The average molecular weight is 164 g/mol. The molecule has 60 valence electrons. The van der Waals surface area contributed by atoms with Crippen LogP contribution in [0.25, 0.3) is 0 Å². The molecule has 1 aliphatic carbocycles. The summed E-state index contributed by atoms with van der Waals surface area (Å²) in [5.41, 5.74) is -0.400. The number of fused-ring (bicyclic) bond motifs is 2. The van der Waals surface area contributed by atoms with Gasteiger partial charge in [0.1, 0.15) is 0 Å². The third kappa shape index (κ3) is 1.04. The Labute approximate surface area is 67.4 Å². The van der Waals surface area contributed by atoms with E-state index in [0.29, 0.717) is 6.04 Å². The summed E-state index contributed by atoms with van der Waals surface area (Å²) in [5, 5.41) is 12.9. The van der Waals surface area contributed by atoms with Crippen LogP contribution in [0.1, 0.15) is 19.8 Å². The van der Waals surface area contributed by atoms with Crippen LogP contribution in [-0.2, 0) is 0 Å². The summed E-state index contributed by atoms with van der Waals surface area (Å²) < 4.78 is 0. The highest BCUT2D eigenvalue weighted by Gasteiger charge is 2.46. The first kappa shape index (κ1) is 8.31. The molecule has 2 rings (SSSR count). The van der Waals surface area contributed by atoms with Gasteiger partial charge in [0, 0.05) is 6.04 Å². The molecule has 10 heavy (non-hydrogen) atoms. The van der Waals surface area contributed by atoms with Crippen LogP contribution in [0.5, 0.6) is 0 Å². The Morgan fingerprint density at radius 3 is 2.50 bits per heavy atom. The number of aliphatic hydroxyl groups is 1. The Hall–Kier alpha value is 0.210. The molecule has 0 spiro atoms. The monoisotopic (exact) mass is 163 g/mol. The van der Waals surface area contributed by atoms with E-state index in [-0.39, 0.29) is 12.4 Å². The van der Waals surface area contributed by atoms with E-state index >= 15 is 0 Å². The molecule has 0 radical (unpaired) electrons. The van der Waals surface area contributed by atoms with E-state index < -0.39 is 5.60 Å². The predicted molar refractivity (Wildman–Crippen MR) is 42.4 cm³/mol. The molecular weight excluding hydrogens is 150 g/mol. The smallest absolute Gasteiger partial charge is 0.0775 e. The summed E-state index contributed by atoms with van der Waals surface area (Å²) in [6.45, 7) is 3.06. The van der Waals surface area contributed by atoms with Crippen LogP contribution in [0, 0.1) is 5.92 Å². The van der Waals surface area contributed by atoms with Gasteiger partial charge < -0.3 is 10.4 Å². The topological polar surface area (TPSA) is 32.3 Å². The van der Waals surface area contributed by atoms with Crippen molar-refractivity contribution in [1.29, 1.82) is 0 Å². The van der Waals surface area contributed by atoms with Gasteiger partial charge in [-0.1, -0.05) is 0 Å². The molecule has 0 aromatic carbocycles. The van der Waals surface area contributed by atoms with Gasteiger partial charge in [-0.3, -0.25) is 0 Å². The molecule has 2 nitrogen and oxygen atoms in total. The van der Waals surface area contributed by atoms with Crippen molar-refractivity contribution in [2.75, 3.05) is 6.54 Å². The Kier molecular flexibility index (Phi) is 1.96. The minimum absolute atomic E-state index is 0. The predicted octanol–water partition coefficient (Wildman–Crippen LogP) is 0.541. The van der Waals surface area contributed by atoms with Gasteiger partial charge in [0.2, 0.25) is 0 Å². The van der Waals surface area contributed by atoms with E-state index in [1.807, 2.05) is 6.92 Å². The quantitative estimate of drug-likeness (QED) is 0.547. The van der Waals surface area contributed by atoms with Gasteiger partial charge in [-0.05, 0) is 32.2 Å². The van der Waals surface area contributed by atoms with Crippen molar-refractivity contribution in [1.82, 2.24) is 5.32 Å². The lowest BCUT2D eigenvalue weighted by atomic mass is 9.97. The fourth-order valence-corrected chi connectivity index (χ4v) is 2.16. The summed E-state index contributed by atoms with van der Waals surface area (Å²) >= 11 is 0. The SMILES string of the molecule is CC1(O)CC2CNC1C2.Cl. The number of rotatable bonds is 0. The van der Waals surface area contributed by atoms with Gasteiger partial charge >= 0.3 is 0 Å². The van der Waals surface area contributed by atoms with Crippen LogP contribution in [0.4, 0.5) is 0 Å². The molecular formula is C7H14ClNO. The molecule has 0 aromatic heterocycles. The second-order valence-electron chi connectivity index (χ2n) is 3.62. The molecule has 2 N–H and O–H groups in total. The maximum absolute atomic E-state index is 9.62. The normalized spacial score (nSPS) is 51.0. The second kappa shape index (κ2) is 2.36. The summed E-state index contributed by atoms with van der Waals surface area (Å²) in [4.78, 5) is 0. The molecule has 2 fully saturated rings. The van der Waals surface area contributed by atoms with Crippen LogP contribution in [-0.4, -0.2) is 23.3 Å². The number of nitrogens with one attached hydrogen (secondary N) is 1. The number of piperidine rings is 1. The van der Waals surface area contributed by atoms with Crippen LogP contribution in [0.3, 0.4) is 0 Å². The van der Waals surface area contributed by atoms with E-state index in [2.05, 4.69) is 5.32 Å². The van der Waals surface area contributed by atoms with Gasteiger partial charge in [0.15, 0.2) is 0 Å². The van der Waals surface area contributed by atoms with Gasteiger partial charge in [0.05, 0.1) is 5.60 Å². The Balaban J connectivity index is 0.000000500. The van der Waals surface area contributed by atoms with Crippen molar-refractivity contribution >= 4 is 12.4 Å². The Bertz CT molecular complexity index is 138. The molecule has 1 saturated carbocycles. The van der Waals surface area contributed by atoms with Gasteiger partial charge in [0.25, 0.3) is 0 Å². The number of halogens is 1. The lowest BCUT2D eigenvalue weighted by molar-refractivity contribution is 0.0258. The largest absolute Gasteiger partial charge is 0.389 e. The van der Waals surface area contributed by atoms with Crippen LogP contribution < -0.4 is 5.32 Å². The third-order valence-electron chi connectivity index (χ3n) is 2.67.